The van der Waals surface area contributed by atoms with Gasteiger partial charge in [0.25, 0.3) is 11.6 Å². The summed E-state index contributed by atoms with van der Waals surface area (Å²) in [5.41, 5.74) is 3.20. The van der Waals surface area contributed by atoms with Gasteiger partial charge in [-0.25, -0.2) is 5.43 Å². The van der Waals surface area contributed by atoms with Crippen LogP contribution in [0.4, 0.5) is 5.69 Å². The highest BCUT2D eigenvalue weighted by Crippen LogP contribution is 2.24. The van der Waals surface area contributed by atoms with E-state index in [9.17, 15) is 14.9 Å². The van der Waals surface area contributed by atoms with E-state index in [4.69, 9.17) is 9.47 Å². The second kappa shape index (κ2) is 8.25. The average molecular weight is 408 g/mol. The van der Waals surface area contributed by atoms with Crippen LogP contribution in [0.1, 0.15) is 15.9 Å². The molecule has 9 heteroatoms. The van der Waals surface area contributed by atoms with Crippen molar-refractivity contribution in [1.29, 1.82) is 0 Å². The van der Waals surface area contributed by atoms with E-state index in [0.29, 0.717) is 27.1 Å². The molecule has 0 aliphatic heterocycles. The molecule has 2 aromatic carbocycles. The number of carbonyl (C=O) groups is 1. The fraction of sp³-hybridized carbons (Fsp3) is 0.125. The molecule has 130 valence electrons. The molecule has 0 unspecified atom stereocenters. The number of nitro benzene ring substituents is 1. The van der Waals surface area contributed by atoms with Crippen molar-refractivity contribution in [3.05, 3.63) is 62.1 Å². The molecule has 1 N–H and O–H groups in total. The summed E-state index contributed by atoms with van der Waals surface area (Å²) < 4.78 is 10.7. The summed E-state index contributed by atoms with van der Waals surface area (Å²) in [6.07, 6.45) is 1.38. The molecule has 0 aromatic heterocycles. The Balaban J connectivity index is 2.12. The van der Waals surface area contributed by atoms with Gasteiger partial charge in [0.1, 0.15) is 11.5 Å². The summed E-state index contributed by atoms with van der Waals surface area (Å²) in [6, 6.07) is 9.01. The van der Waals surface area contributed by atoms with E-state index in [-0.39, 0.29) is 5.69 Å². The smallest absolute Gasteiger partial charge is 0.275 e. The Morgan fingerprint density at radius 3 is 2.60 bits per heavy atom. The SMILES string of the molecule is COc1ccc(C(=O)N/N=C\c2ccc([N+](=O)[O-])cc2Br)c(OC)c1. The maximum Gasteiger partial charge on any atom is 0.275 e. The molecule has 2 aromatic rings. The number of rotatable bonds is 6. The summed E-state index contributed by atoms with van der Waals surface area (Å²) >= 11 is 3.22. The van der Waals surface area contributed by atoms with Gasteiger partial charge in [0.05, 0.1) is 30.9 Å². The summed E-state index contributed by atoms with van der Waals surface area (Å²) in [6.45, 7) is 0. The first-order valence-electron chi connectivity index (χ1n) is 6.95. The summed E-state index contributed by atoms with van der Waals surface area (Å²) in [7, 11) is 2.96. The highest BCUT2D eigenvalue weighted by atomic mass is 79.9. The van der Waals surface area contributed by atoms with Crippen molar-refractivity contribution in [1.82, 2.24) is 5.43 Å². The third-order valence-corrected chi connectivity index (χ3v) is 3.90. The van der Waals surface area contributed by atoms with E-state index in [1.165, 1.54) is 38.6 Å². The minimum atomic E-state index is -0.497. The van der Waals surface area contributed by atoms with Crippen molar-refractivity contribution in [3.8, 4) is 11.5 Å². The minimum absolute atomic E-state index is 0.0453. The topological polar surface area (TPSA) is 103 Å². The van der Waals surface area contributed by atoms with Crippen molar-refractivity contribution >= 4 is 33.7 Å². The fourth-order valence-corrected chi connectivity index (χ4v) is 2.41. The molecule has 0 aliphatic rings. The summed E-state index contributed by atoms with van der Waals surface area (Å²) in [5, 5.41) is 14.6. The van der Waals surface area contributed by atoms with E-state index in [2.05, 4.69) is 26.5 Å². The Kier molecular flexibility index (Phi) is 6.07. The van der Waals surface area contributed by atoms with Crippen molar-refractivity contribution in [3.63, 3.8) is 0 Å². The second-order valence-corrected chi connectivity index (χ2v) is 5.58. The number of hydrazone groups is 1. The highest BCUT2D eigenvalue weighted by Gasteiger charge is 2.13. The van der Waals surface area contributed by atoms with E-state index >= 15 is 0 Å². The van der Waals surface area contributed by atoms with E-state index < -0.39 is 10.8 Å². The summed E-state index contributed by atoms with van der Waals surface area (Å²) in [4.78, 5) is 22.4. The van der Waals surface area contributed by atoms with Crippen LogP contribution in [-0.4, -0.2) is 31.3 Å². The number of halogens is 1. The molecule has 0 saturated heterocycles. The van der Waals surface area contributed by atoms with Crippen LogP contribution in [0.3, 0.4) is 0 Å². The highest BCUT2D eigenvalue weighted by molar-refractivity contribution is 9.10. The first kappa shape index (κ1) is 18.4. The molecule has 8 nitrogen and oxygen atoms in total. The van der Waals surface area contributed by atoms with Crippen LogP contribution in [0, 0.1) is 10.1 Å². The van der Waals surface area contributed by atoms with Gasteiger partial charge in [0.2, 0.25) is 0 Å². The number of hydrogen-bond acceptors (Lipinski definition) is 6. The fourth-order valence-electron chi connectivity index (χ4n) is 1.94. The van der Waals surface area contributed by atoms with Crippen molar-refractivity contribution in [2.75, 3.05) is 14.2 Å². The number of ether oxygens (including phenoxy) is 2. The quantitative estimate of drug-likeness (QED) is 0.450. The Morgan fingerprint density at radius 1 is 1.24 bits per heavy atom. The third-order valence-electron chi connectivity index (χ3n) is 3.22. The monoisotopic (exact) mass is 407 g/mol. The van der Waals surface area contributed by atoms with E-state index in [0.717, 1.165) is 0 Å². The van der Waals surface area contributed by atoms with Gasteiger partial charge < -0.3 is 9.47 Å². The van der Waals surface area contributed by atoms with Gasteiger partial charge in [-0.1, -0.05) is 0 Å². The minimum Gasteiger partial charge on any atom is -0.497 e. The molecule has 0 saturated carbocycles. The van der Waals surface area contributed by atoms with Crippen LogP contribution >= 0.6 is 15.9 Å². The van der Waals surface area contributed by atoms with Gasteiger partial charge in [-0.2, -0.15) is 5.10 Å². The molecule has 0 radical (unpaired) electrons. The molecule has 1 amide bonds. The Hall–Kier alpha value is -2.94. The molecule has 0 atom stereocenters. The van der Waals surface area contributed by atoms with Crippen LogP contribution in [0.5, 0.6) is 11.5 Å². The Bertz CT molecular complexity index is 839. The predicted molar refractivity (Wildman–Crippen MR) is 95.4 cm³/mol. The second-order valence-electron chi connectivity index (χ2n) is 4.73. The maximum atomic E-state index is 12.2. The zero-order valence-corrected chi connectivity index (χ0v) is 14.9. The van der Waals surface area contributed by atoms with Crippen LogP contribution in [-0.2, 0) is 0 Å². The molecular formula is C16H14BrN3O5. The van der Waals surface area contributed by atoms with Gasteiger partial charge in [0, 0.05) is 28.2 Å². The zero-order valence-electron chi connectivity index (χ0n) is 13.4. The number of non-ortho nitro benzene ring substituents is 1. The Morgan fingerprint density at radius 2 is 2.00 bits per heavy atom. The molecule has 25 heavy (non-hydrogen) atoms. The maximum absolute atomic E-state index is 12.2. The first-order chi connectivity index (χ1) is 12.0. The van der Waals surface area contributed by atoms with Crippen molar-refractivity contribution in [2.24, 2.45) is 5.10 Å². The largest absolute Gasteiger partial charge is 0.497 e. The number of nitro groups is 1. The summed E-state index contributed by atoms with van der Waals surface area (Å²) in [5.74, 6) is 0.448. The van der Waals surface area contributed by atoms with Crippen molar-refractivity contribution < 1.29 is 19.2 Å². The number of benzene rings is 2. The number of amides is 1. The first-order valence-corrected chi connectivity index (χ1v) is 7.75. The van der Waals surface area contributed by atoms with Gasteiger partial charge >= 0.3 is 0 Å². The molecule has 0 aliphatic carbocycles. The zero-order chi connectivity index (χ0) is 18.4. The molecule has 0 bridgehead atoms. The Labute approximate surface area is 151 Å². The van der Waals surface area contributed by atoms with Gasteiger partial charge in [-0.05, 0) is 34.1 Å². The average Bonchev–Trinajstić information content (AvgIpc) is 2.62. The predicted octanol–water partition coefficient (Wildman–Crippen LogP) is 3.14. The van der Waals surface area contributed by atoms with Gasteiger partial charge in [0.15, 0.2) is 0 Å². The van der Waals surface area contributed by atoms with Gasteiger partial charge in [-0.15, -0.1) is 0 Å². The van der Waals surface area contributed by atoms with Crippen LogP contribution < -0.4 is 14.9 Å². The third kappa shape index (κ3) is 4.54. The van der Waals surface area contributed by atoms with Crippen LogP contribution in [0.25, 0.3) is 0 Å². The molecule has 0 spiro atoms. The lowest BCUT2D eigenvalue weighted by Gasteiger charge is -2.08. The van der Waals surface area contributed by atoms with Gasteiger partial charge in [-0.3, -0.25) is 14.9 Å². The van der Waals surface area contributed by atoms with Crippen LogP contribution in [0.15, 0.2) is 46.0 Å². The van der Waals surface area contributed by atoms with E-state index in [1.807, 2.05) is 0 Å². The number of hydrogen-bond donors (Lipinski definition) is 1. The van der Waals surface area contributed by atoms with E-state index in [1.54, 1.807) is 18.2 Å². The lowest BCUT2D eigenvalue weighted by Crippen LogP contribution is -2.18. The lowest BCUT2D eigenvalue weighted by atomic mass is 10.2. The number of methoxy groups -OCH3 is 2. The number of nitrogens with one attached hydrogen (secondary N) is 1. The molecule has 2 rings (SSSR count). The van der Waals surface area contributed by atoms with Crippen molar-refractivity contribution in [2.45, 2.75) is 0 Å². The molecule has 0 heterocycles. The molecular weight excluding hydrogens is 394 g/mol. The van der Waals surface area contributed by atoms with Crippen LogP contribution in [0.2, 0.25) is 0 Å². The standard InChI is InChI=1S/C16H14BrN3O5/c1-24-12-5-6-13(15(8-12)25-2)16(21)19-18-9-10-3-4-11(20(22)23)7-14(10)17/h3-9H,1-2H3,(H,19,21)/b18-9-. The lowest BCUT2D eigenvalue weighted by molar-refractivity contribution is -0.384. The molecule has 0 fully saturated rings. The normalized spacial score (nSPS) is 10.5. The number of nitrogens with zero attached hydrogens (tertiary/aromatic N) is 2. The number of carbonyl (C=O) groups excluding carboxylic acids is 1.